The molecule has 12 nitrogen and oxygen atoms in total. The maximum atomic E-state index is 14.7. The van der Waals surface area contributed by atoms with Gasteiger partial charge in [-0.15, -0.1) is 6.58 Å². The Kier molecular flexibility index (Phi) is 21.1. The third kappa shape index (κ3) is 13.2. The van der Waals surface area contributed by atoms with Crippen molar-refractivity contribution < 1.29 is 43.6 Å². The minimum absolute atomic E-state index is 0.00460. The maximum absolute atomic E-state index is 14.7. The number of unbranched alkanes of at least 4 members (excludes halogenated alkanes) is 11. The van der Waals surface area contributed by atoms with Gasteiger partial charge in [-0.25, -0.2) is 9.59 Å². The maximum Gasteiger partial charge on any atom is 0.412 e. The molecule has 0 saturated heterocycles. The van der Waals surface area contributed by atoms with Gasteiger partial charge < -0.3 is 39.3 Å². The summed E-state index contributed by atoms with van der Waals surface area (Å²) in [6, 6.07) is 19.0. The van der Waals surface area contributed by atoms with E-state index in [1.54, 1.807) is 24.0 Å². The highest BCUT2D eigenvalue weighted by molar-refractivity contribution is 6.03. The average Bonchev–Trinajstić information content (AvgIpc) is 3.35. The molecule has 6 unspecified atom stereocenters. The summed E-state index contributed by atoms with van der Waals surface area (Å²) < 4.78 is 26.5. The quantitative estimate of drug-likeness (QED) is 0.0351. The molecule has 3 aliphatic rings. The molecule has 372 valence electrons. The second-order valence-corrected chi connectivity index (χ2v) is 18.7. The van der Waals surface area contributed by atoms with Crippen LogP contribution in [0, 0.1) is 17.8 Å². The summed E-state index contributed by atoms with van der Waals surface area (Å²) in [6.07, 6.45) is 19.9. The van der Waals surface area contributed by atoms with E-state index in [4.69, 9.17) is 28.9 Å². The lowest BCUT2D eigenvalue weighted by molar-refractivity contribution is -0.256. The number of carbonyl (C=O) groups is 2. The molecular weight excluding hydrogens is 859 g/mol. The van der Waals surface area contributed by atoms with Crippen LogP contribution in [0.5, 0.6) is 11.5 Å². The molecule has 1 fully saturated rings. The van der Waals surface area contributed by atoms with Crippen LogP contribution >= 0.6 is 0 Å². The number of oxime groups is 1. The second kappa shape index (κ2) is 27.3. The number of ether oxygens (including phenoxy) is 4. The molecule has 0 bridgehead atoms. The van der Waals surface area contributed by atoms with Crippen LogP contribution in [0.4, 0.5) is 9.59 Å². The number of aliphatic hydroxyl groups is 2. The molecule has 1 saturated carbocycles. The molecule has 0 spiro atoms. The molecule has 6 rings (SSSR count). The Bertz CT molecular complexity index is 2120. The zero-order valence-electron chi connectivity index (χ0n) is 41.1. The van der Waals surface area contributed by atoms with Crippen LogP contribution in [-0.2, 0) is 20.9 Å². The van der Waals surface area contributed by atoms with Gasteiger partial charge in [0, 0.05) is 37.7 Å². The molecule has 0 radical (unpaired) electrons. The van der Waals surface area contributed by atoms with Gasteiger partial charge in [0.2, 0.25) is 5.79 Å². The normalized spacial score (nSPS) is 22.1. The molecule has 1 aliphatic heterocycles. The lowest BCUT2D eigenvalue weighted by Crippen LogP contribution is -2.70. The number of hydrogen-bond donors (Lipinski definition) is 3. The Labute approximate surface area is 405 Å². The van der Waals surface area contributed by atoms with Crippen molar-refractivity contribution in [3.63, 3.8) is 0 Å². The molecule has 0 aromatic heterocycles. The van der Waals surface area contributed by atoms with Crippen molar-refractivity contribution in [2.45, 2.75) is 154 Å². The number of benzene rings is 3. The molecule has 3 aromatic rings. The predicted molar refractivity (Wildman–Crippen MR) is 269 cm³/mol. The molecular formula is C56H79N3O9. The van der Waals surface area contributed by atoms with E-state index in [0.29, 0.717) is 43.2 Å². The SMILES string of the molecule is C=CCOC12Oc3ccc(OC(=O)NCCCCCCCCCCCC)cc3C3C(CCCCO)C(CCCCO)C=C(C(=NOCC)CC1N(Cc1cccc4ccccc14)C(=O)OCC)C32. The van der Waals surface area contributed by atoms with Gasteiger partial charge in [0.25, 0.3) is 0 Å². The summed E-state index contributed by atoms with van der Waals surface area (Å²) in [5.41, 5.74) is 3.43. The highest BCUT2D eigenvalue weighted by Crippen LogP contribution is 2.62. The van der Waals surface area contributed by atoms with Crippen LogP contribution in [0.3, 0.4) is 0 Å². The summed E-state index contributed by atoms with van der Waals surface area (Å²) in [5.74, 6) is -1.25. The zero-order chi connectivity index (χ0) is 48.1. The second-order valence-electron chi connectivity index (χ2n) is 18.7. The molecule has 2 aliphatic carbocycles. The van der Waals surface area contributed by atoms with Gasteiger partial charge in [-0.1, -0.05) is 137 Å². The smallest absolute Gasteiger partial charge is 0.412 e. The number of nitrogens with one attached hydrogen (secondary N) is 1. The van der Waals surface area contributed by atoms with Gasteiger partial charge in [0.1, 0.15) is 24.1 Å². The van der Waals surface area contributed by atoms with Crippen molar-refractivity contribution in [3.8, 4) is 11.5 Å². The zero-order valence-corrected chi connectivity index (χ0v) is 41.1. The standard InChI is InChI=1S/C56H79N3O9/c1-5-9-10-11-12-13-14-15-16-21-33-57-54(62)67-44-31-32-50-48(38-44)52-46(30-20-23-35-61)42(26-19-22-34-60)37-47-49(58-66-8-4)39-51(56(68-50,53(47)52)65-36-6-2)59(55(63)64-7-3)40-43-28-24-27-41-25-17-18-29-45(41)43/h6,17-18,24-25,27-29,31-32,37-38,42,46,51-53,60-61H,2,5,7-16,19-23,26,30,33-36,39-40H2,1,3-4H3,(H,57,62). The Hall–Kier alpha value is -4.91. The summed E-state index contributed by atoms with van der Waals surface area (Å²) in [6.45, 7) is 11.5. The number of nitrogens with zero attached hydrogens (tertiary/aromatic N) is 2. The summed E-state index contributed by atoms with van der Waals surface area (Å²) in [4.78, 5) is 35.7. The first-order valence-electron chi connectivity index (χ1n) is 25.9. The topological polar surface area (TPSA) is 148 Å². The summed E-state index contributed by atoms with van der Waals surface area (Å²) in [5, 5.41) is 29.8. The van der Waals surface area contributed by atoms with E-state index in [1.807, 2.05) is 43.3 Å². The summed E-state index contributed by atoms with van der Waals surface area (Å²) >= 11 is 0. The number of amides is 2. The summed E-state index contributed by atoms with van der Waals surface area (Å²) in [7, 11) is 0. The van der Waals surface area contributed by atoms with Gasteiger partial charge in [0.05, 0.1) is 31.4 Å². The van der Waals surface area contributed by atoms with E-state index in [2.05, 4.69) is 43.1 Å². The third-order valence-electron chi connectivity index (χ3n) is 14.1. The third-order valence-corrected chi connectivity index (χ3v) is 14.1. The van der Waals surface area contributed by atoms with E-state index in [9.17, 15) is 19.8 Å². The number of aliphatic hydroxyl groups excluding tert-OH is 2. The predicted octanol–water partition coefficient (Wildman–Crippen LogP) is 12.2. The van der Waals surface area contributed by atoms with Crippen molar-refractivity contribution in [1.82, 2.24) is 10.2 Å². The number of carbonyl (C=O) groups excluding carboxylic acids is 2. The lowest BCUT2D eigenvalue weighted by Gasteiger charge is -2.59. The Morgan fingerprint density at radius 3 is 2.31 bits per heavy atom. The van der Waals surface area contributed by atoms with Crippen LogP contribution < -0.4 is 14.8 Å². The van der Waals surface area contributed by atoms with Crippen LogP contribution in [-0.4, -0.2) is 84.4 Å². The van der Waals surface area contributed by atoms with E-state index in [1.165, 1.54) is 44.9 Å². The fraction of sp³-hybridized carbons (Fsp3) is 0.589. The van der Waals surface area contributed by atoms with Crippen LogP contribution in [0.1, 0.15) is 147 Å². The molecule has 2 amide bonds. The lowest BCUT2D eigenvalue weighted by atomic mass is 9.55. The monoisotopic (exact) mass is 938 g/mol. The van der Waals surface area contributed by atoms with Gasteiger partial charge in [-0.05, 0) is 97.9 Å². The van der Waals surface area contributed by atoms with E-state index < -0.39 is 29.9 Å². The van der Waals surface area contributed by atoms with Crippen molar-refractivity contribution in [3.05, 3.63) is 96.1 Å². The molecule has 68 heavy (non-hydrogen) atoms. The first-order valence-corrected chi connectivity index (χ1v) is 25.9. The molecule has 6 atom stereocenters. The Morgan fingerprint density at radius 1 is 0.868 bits per heavy atom. The number of rotatable bonds is 29. The Morgan fingerprint density at radius 2 is 1.59 bits per heavy atom. The first-order chi connectivity index (χ1) is 33.3. The number of fused-ring (bicyclic) bond motifs is 3. The molecule has 3 aromatic carbocycles. The van der Waals surface area contributed by atoms with Crippen molar-refractivity contribution >= 4 is 28.7 Å². The highest BCUT2D eigenvalue weighted by atomic mass is 16.7. The highest BCUT2D eigenvalue weighted by Gasteiger charge is 2.65. The van der Waals surface area contributed by atoms with Crippen molar-refractivity contribution in [2.75, 3.05) is 39.6 Å². The van der Waals surface area contributed by atoms with Gasteiger partial charge in [-0.3, -0.25) is 4.90 Å². The average molecular weight is 938 g/mol. The molecule has 3 N–H and O–H groups in total. The van der Waals surface area contributed by atoms with Gasteiger partial charge in [-0.2, -0.15) is 0 Å². The minimum Gasteiger partial charge on any atom is -0.459 e. The fourth-order valence-corrected chi connectivity index (χ4v) is 10.9. The van der Waals surface area contributed by atoms with E-state index >= 15 is 0 Å². The van der Waals surface area contributed by atoms with Crippen LogP contribution in [0.2, 0.25) is 0 Å². The van der Waals surface area contributed by atoms with Crippen LogP contribution in [0.15, 0.2) is 90.1 Å². The van der Waals surface area contributed by atoms with Crippen LogP contribution in [0.25, 0.3) is 10.8 Å². The van der Waals surface area contributed by atoms with Gasteiger partial charge in [0.15, 0.2) is 0 Å². The van der Waals surface area contributed by atoms with E-state index in [0.717, 1.165) is 72.4 Å². The number of hydrogen-bond acceptors (Lipinski definition) is 10. The van der Waals surface area contributed by atoms with Crippen molar-refractivity contribution in [1.29, 1.82) is 0 Å². The first kappa shape index (κ1) is 52.5. The number of allylic oxidation sites excluding steroid dienone is 1. The molecule has 1 heterocycles. The van der Waals surface area contributed by atoms with Crippen molar-refractivity contribution in [2.24, 2.45) is 22.9 Å². The Balaban J connectivity index is 1.41. The van der Waals surface area contributed by atoms with E-state index in [-0.39, 0.29) is 57.1 Å². The fourth-order valence-electron chi connectivity index (χ4n) is 10.9. The molecule has 12 heteroatoms. The largest absolute Gasteiger partial charge is 0.459 e. The minimum atomic E-state index is -1.47. The van der Waals surface area contributed by atoms with Gasteiger partial charge >= 0.3 is 12.2 Å².